The molecule has 0 aliphatic rings. The number of unbranched alkanes of at least 4 members (excludes halogenated alkanes) is 3. The first-order chi connectivity index (χ1) is 10.5. The van der Waals surface area contributed by atoms with Crippen LogP contribution >= 0.6 is 11.6 Å². The minimum Gasteiger partial charge on any atom is -0.338 e. The molecule has 0 unspecified atom stereocenters. The van der Waals surface area contributed by atoms with Crippen molar-refractivity contribution in [3.05, 3.63) is 39.4 Å². The Labute approximate surface area is 136 Å². The van der Waals surface area contributed by atoms with E-state index >= 15 is 0 Å². The second-order valence-corrected chi connectivity index (χ2v) is 6.31. The maximum absolute atomic E-state index is 12.4. The minimum absolute atomic E-state index is 0.0112. The highest BCUT2D eigenvalue weighted by Crippen LogP contribution is 2.16. The number of hydrogen-bond donors (Lipinski definition) is 1. The highest BCUT2D eigenvalue weighted by Gasteiger charge is 2.16. The van der Waals surface area contributed by atoms with Gasteiger partial charge >= 0.3 is 0 Å². The minimum atomic E-state index is -0.0112. The highest BCUT2D eigenvalue weighted by molar-refractivity contribution is 6.31. The van der Waals surface area contributed by atoms with Crippen molar-refractivity contribution in [2.45, 2.75) is 45.6 Å². The van der Waals surface area contributed by atoms with E-state index in [1.54, 1.807) is 29.8 Å². The van der Waals surface area contributed by atoms with Crippen LogP contribution in [0.4, 0.5) is 0 Å². The fourth-order valence-corrected chi connectivity index (χ4v) is 2.88. The first-order valence-electron chi connectivity index (χ1n) is 8.04. The summed E-state index contributed by atoms with van der Waals surface area (Å²) >= 11 is 6.02. The maximum atomic E-state index is 12.4. The molecular formula is C17H25ClN3O+. The molecule has 2 aromatic rings. The normalized spacial score (nSPS) is 12.7. The Balaban J connectivity index is 2.19. The third-order valence-corrected chi connectivity index (χ3v) is 4.29. The van der Waals surface area contributed by atoms with Gasteiger partial charge in [0.05, 0.1) is 17.4 Å². The van der Waals surface area contributed by atoms with Gasteiger partial charge in [0.1, 0.15) is 6.04 Å². The number of nitrogens with zero attached hydrogens (tertiary/aromatic N) is 2. The van der Waals surface area contributed by atoms with Gasteiger partial charge in [0.2, 0.25) is 0 Å². The lowest BCUT2D eigenvalue weighted by atomic mass is 10.2. The van der Waals surface area contributed by atoms with Crippen LogP contribution in [0.5, 0.6) is 0 Å². The van der Waals surface area contributed by atoms with Crippen molar-refractivity contribution in [2.24, 2.45) is 7.05 Å². The second kappa shape index (κ2) is 7.75. The fourth-order valence-electron chi connectivity index (χ4n) is 2.71. The molecule has 0 spiro atoms. The van der Waals surface area contributed by atoms with Gasteiger partial charge in [-0.1, -0.05) is 31.4 Å². The molecule has 22 heavy (non-hydrogen) atoms. The Hall–Kier alpha value is -1.39. The van der Waals surface area contributed by atoms with E-state index < -0.39 is 0 Å². The van der Waals surface area contributed by atoms with E-state index in [2.05, 4.69) is 24.1 Å². The molecule has 0 amide bonds. The van der Waals surface area contributed by atoms with Crippen LogP contribution in [0, 0.1) is 0 Å². The van der Waals surface area contributed by atoms with E-state index in [9.17, 15) is 4.79 Å². The van der Waals surface area contributed by atoms with Crippen molar-refractivity contribution in [3.8, 4) is 0 Å². The third kappa shape index (κ3) is 3.87. The molecule has 5 heteroatoms. The molecule has 0 fully saturated rings. The molecule has 4 nitrogen and oxygen atoms in total. The molecule has 0 saturated carbocycles. The molecule has 1 atom stereocenters. The lowest BCUT2D eigenvalue weighted by molar-refractivity contribution is -0.694. The lowest BCUT2D eigenvalue weighted by Gasteiger charge is -2.14. The van der Waals surface area contributed by atoms with Gasteiger partial charge in [-0.05, 0) is 38.0 Å². The topological polar surface area (TPSA) is 51.5 Å². The predicted molar refractivity (Wildman–Crippen MR) is 91.3 cm³/mol. The molecule has 1 heterocycles. The number of hydrogen-bond acceptors (Lipinski definition) is 2. The molecule has 1 aromatic heterocycles. The van der Waals surface area contributed by atoms with Gasteiger partial charge in [0.25, 0.3) is 5.56 Å². The van der Waals surface area contributed by atoms with Gasteiger partial charge in [0.15, 0.2) is 5.82 Å². The van der Waals surface area contributed by atoms with E-state index in [0.717, 1.165) is 12.4 Å². The molecule has 0 aliphatic heterocycles. The van der Waals surface area contributed by atoms with Crippen molar-refractivity contribution in [1.29, 1.82) is 0 Å². The third-order valence-electron chi connectivity index (χ3n) is 4.06. The Morgan fingerprint density at radius 2 is 2.09 bits per heavy atom. The van der Waals surface area contributed by atoms with Crippen molar-refractivity contribution >= 4 is 22.5 Å². The quantitative estimate of drug-likeness (QED) is 0.797. The predicted octanol–water partition coefficient (Wildman–Crippen LogP) is 2.79. The Kier molecular flexibility index (Phi) is 5.98. The number of quaternary nitrogens is 1. The number of halogens is 1. The van der Waals surface area contributed by atoms with E-state index in [1.165, 1.54) is 25.7 Å². The van der Waals surface area contributed by atoms with Crippen molar-refractivity contribution < 1.29 is 5.32 Å². The van der Waals surface area contributed by atoms with E-state index in [1.807, 2.05) is 0 Å². The van der Waals surface area contributed by atoms with Gasteiger partial charge in [-0.3, -0.25) is 9.36 Å². The molecule has 120 valence electrons. The SMILES string of the molecule is CCCCCC[NH2+][C@@H](C)c1nc2cc(Cl)ccc2c(=O)n1C. The molecule has 1 aromatic carbocycles. The standard InChI is InChI=1S/C17H24ClN3O/c1-4-5-6-7-10-19-12(2)16-20-15-11-13(18)8-9-14(15)17(22)21(16)3/h8-9,11-12,19H,4-7,10H2,1-3H3/p+1/t12-/m0/s1. The summed E-state index contributed by atoms with van der Waals surface area (Å²) in [6, 6.07) is 5.39. The van der Waals surface area contributed by atoms with Crippen LogP contribution in [0.2, 0.25) is 5.02 Å². The van der Waals surface area contributed by atoms with Crippen LogP contribution in [0.25, 0.3) is 10.9 Å². The van der Waals surface area contributed by atoms with Crippen LogP contribution in [0.3, 0.4) is 0 Å². The average molecular weight is 323 g/mol. The zero-order chi connectivity index (χ0) is 16.1. The van der Waals surface area contributed by atoms with Crippen LogP contribution in [-0.4, -0.2) is 16.1 Å². The highest BCUT2D eigenvalue weighted by atomic mass is 35.5. The first-order valence-corrected chi connectivity index (χ1v) is 8.42. The average Bonchev–Trinajstić information content (AvgIpc) is 2.50. The number of rotatable bonds is 7. The van der Waals surface area contributed by atoms with E-state index in [0.29, 0.717) is 15.9 Å². The van der Waals surface area contributed by atoms with Crippen LogP contribution in [-0.2, 0) is 7.05 Å². The Morgan fingerprint density at radius 3 is 2.82 bits per heavy atom. The summed E-state index contributed by atoms with van der Waals surface area (Å²) in [5.74, 6) is 0.801. The van der Waals surface area contributed by atoms with Crippen molar-refractivity contribution in [3.63, 3.8) is 0 Å². The molecule has 0 bridgehead atoms. The molecule has 2 rings (SSSR count). The first kappa shape index (κ1) is 17.0. The summed E-state index contributed by atoms with van der Waals surface area (Å²) in [6.07, 6.45) is 5.00. The number of fused-ring (bicyclic) bond motifs is 1. The molecule has 0 saturated heterocycles. The molecule has 2 N–H and O–H groups in total. The number of benzene rings is 1. The Morgan fingerprint density at radius 1 is 1.32 bits per heavy atom. The second-order valence-electron chi connectivity index (χ2n) is 5.87. The number of aromatic nitrogens is 2. The van der Waals surface area contributed by atoms with Gasteiger partial charge in [-0.15, -0.1) is 0 Å². The summed E-state index contributed by atoms with van der Waals surface area (Å²) in [6.45, 7) is 5.37. The summed E-state index contributed by atoms with van der Waals surface area (Å²) in [5.41, 5.74) is 0.666. The van der Waals surface area contributed by atoms with E-state index in [4.69, 9.17) is 11.6 Å². The molecule has 0 radical (unpaired) electrons. The van der Waals surface area contributed by atoms with Gasteiger partial charge in [-0.2, -0.15) is 0 Å². The van der Waals surface area contributed by atoms with E-state index in [-0.39, 0.29) is 11.6 Å². The summed E-state index contributed by atoms with van der Waals surface area (Å²) in [4.78, 5) is 17.1. The van der Waals surface area contributed by atoms with Crippen LogP contribution in [0.1, 0.15) is 51.4 Å². The lowest BCUT2D eigenvalue weighted by Crippen LogP contribution is -2.85. The Bertz CT molecular complexity index is 696. The number of nitrogens with two attached hydrogens (primary N) is 1. The van der Waals surface area contributed by atoms with Crippen LogP contribution in [0.15, 0.2) is 23.0 Å². The van der Waals surface area contributed by atoms with Crippen molar-refractivity contribution in [1.82, 2.24) is 9.55 Å². The summed E-state index contributed by atoms with van der Waals surface area (Å²) < 4.78 is 1.66. The van der Waals surface area contributed by atoms with Gasteiger partial charge < -0.3 is 5.32 Å². The van der Waals surface area contributed by atoms with Gasteiger partial charge in [-0.25, -0.2) is 4.98 Å². The zero-order valence-electron chi connectivity index (χ0n) is 13.6. The fraction of sp³-hybridized carbons (Fsp3) is 0.529. The maximum Gasteiger partial charge on any atom is 0.261 e. The summed E-state index contributed by atoms with van der Waals surface area (Å²) in [5, 5.41) is 3.48. The van der Waals surface area contributed by atoms with Crippen LogP contribution < -0.4 is 10.9 Å². The monoisotopic (exact) mass is 322 g/mol. The largest absolute Gasteiger partial charge is 0.338 e. The smallest absolute Gasteiger partial charge is 0.261 e. The van der Waals surface area contributed by atoms with Gasteiger partial charge in [0, 0.05) is 12.1 Å². The summed E-state index contributed by atoms with van der Waals surface area (Å²) in [7, 11) is 1.79. The molecule has 0 aliphatic carbocycles. The zero-order valence-corrected chi connectivity index (χ0v) is 14.4. The molecular weight excluding hydrogens is 298 g/mol. The van der Waals surface area contributed by atoms with Crippen molar-refractivity contribution in [2.75, 3.05) is 6.54 Å².